The van der Waals surface area contributed by atoms with Gasteiger partial charge in [-0.25, -0.2) is 9.78 Å². The Morgan fingerprint density at radius 3 is 2.64 bits per heavy atom. The molecule has 0 aliphatic rings. The molecule has 1 amide bonds. The summed E-state index contributed by atoms with van der Waals surface area (Å²) >= 11 is 1.11. The number of nitrogens with one attached hydrogen (secondary N) is 1. The van der Waals surface area contributed by atoms with Gasteiger partial charge in [-0.1, -0.05) is 12.1 Å². The summed E-state index contributed by atoms with van der Waals surface area (Å²) in [6.45, 7) is 7.17. The van der Waals surface area contributed by atoms with E-state index < -0.39 is 12.0 Å². The van der Waals surface area contributed by atoms with Gasteiger partial charge in [-0.15, -0.1) is 11.3 Å². The van der Waals surface area contributed by atoms with Gasteiger partial charge in [0.1, 0.15) is 15.7 Å². The Morgan fingerprint density at radius 1 is 1.25 bits per heavy atom. The molecule has 8 heteroatoms. The Bertz CT molecular complexity index is 1150. The number of aryl methyl sites for hydroxylation is 3. The first-order chi connectivity index (χ1) is 13.2. The molecular weight excluding hydrogens is 378 g/mol. The summed E-state index contributed by atoms with van der Waals surface area (Å²) in [6.07, 6.45) is 1.34. The molecular formula is C20H21N3O4S. The lowest BCUT2D eigenvalue weighted by molar-refractivity contribution is -0.118. The third kappa shape index (κ3) is 3.43. The maximum Gasteiger partial charge on any atom is 0.348 e. The Labute approximate surface area is 166 Å². The minimum absolute atomic E-state index is 0.321. The standard InChI is InChI=1S/C20H21N3O4S/c1-10-6-7-11(2)14(8-10)22-17(24)13(4)23-9-21-18-15(19(23)25)12(3)16(28-18)20(26)27-5/h6-9,13H,1-5H3,(H,22,24)/t13-/m1/s1. The fourth-order valence-corrected chi connectivity index (χ4v) is 3.99. The highest BCUT2D eigenvalue weighted by Crippen LogP contribution is 2.27. The average molecular weight is 399 g/mol. The van der Waals surface area contributed by atoms with Crippen LogP contribution in [-0.2, 0) is 9.53 Å². The summed E-state index contributed by atoms with van der Waals surface area (Å²) in [5, 5.41) is 3.21. The second kappa shape index (κ2) is 7.55. The molecule has 0 aliphatic heterocycles. The van der Waals surface area contributed by atoms with Gasteiger partial charge in [-0.3, -0.25) is 14.2 Å². The molecule has 0 unspecified atom stereocenters. The molecule has 1 aromatic carbocycles. The fraction of sp³-hybridized carbons (Fsp3) is 0.300. The van der Waals surface area contributed by atoms with E-state index in [1.165, 1.54) is 18.0 Å². The van der Waals surface area contributed by atoms with Crippen LogP contribution in [0.2, 0.25) is 0 Å². The van der Waals surface area contributed by atoms with Crippen LogP contribution >= 0.6 is 11.3 Å². The van der Waals surface area contributed by atoms with E-state index >= 15 is 0 Å². The number of aromatic nitrogens is 2. The summed E-state index contributed by atoms with van der Waals surface area (Å²) in [5.41, 5.74) is 2.82. The van der Waals surface area contributed by atoms with Crippen LogP contribution in [0.5, 0.6) is 0 Å². The smallest absolute Gasteiger partial charge is 0.348 e. The molecule has 0 bridgehead atoms. The van der Waals surface area contributed by atoms with Crippen LogP contribution in [0, 0.1) is 20.8 Å². The molecule has 7 nitrogen and oxygen atoms in total. The minimum atomic E-state index is -0.773. The number of carbonyl (C=O) groups excluding carboxylic acids is 2. The third-order valence-electron chi connectivity index (χ3n) is 4.69. The zero-order valence-electron chi connectivity index (χ0n) is 16.3. The summed E-state index contributed by atoms with van der Waals surface area (Å²) in [5.74, 6) is -0.829. The lowest BCUT2D eigenvalue weighted by atomic mass is 10.1. The predicted octanol–water partition coefficient (Wildman–Crippen LogP) is 3.37. The van der Waals surface area contributed by atoms with Gasteiger partial charge in [0.2, 0.25) is 5.91 Å². The van der Waals surface area contributed by atoms with Gasteiger partial charge in [0.15, 0.2) is 0 Å². The van der Waals surface area contributed by atoms with Crippen LogP contribution < -0.4 is 10.9 Å². The lowest BCUT2D eigenvalue weighted by Gasteiger charge is -2.16. The molecule has 0 saturated carbocycles. The molecule has 0 spiro atoms. The Hall–Kier alpha value is -3.00. The number of fused-ring (bicyclic) bond motifs is 1. The molecule has 1 N–H and O–H groups in total. The molecule has 0 radical (unpaired) electrons. The number of anilines is 1. The van der Waals surface area contributed by atoms with Gasteiger partial charge >= 0.3 is 5.97 Å². The highest BCUT2D eigenvalue weighted by Gasteiger charge is 2.23. The maximum atomic E-state index is 13.0. The lowest BCUT2D eigenvalue weighted by Crippen LogP contribution is -2.32. The minimum Gasteiger partial charge on any atom is -0.465 e. The topological polar surface area (TPSA) is 90.3 Å². The summed E-state index contributed by atoms with van der Waals surface area (Å²) in [7, 11) is 1.29. The molecule has 1 atom stereocenters. The summed E-state index contributed by atoms with van der Waals surface area (Å²) in [4.78, 5) is 42.7. The molecule has 0 fully saturated rings. The number of hydrogen-bond donors (Lipinski definition) is 1. The maximum absolute atomic E-state index is 13.0. The van der Waals surface area contributed by atoms with E-state index in [9.17, 15) is 14.4 Å². The van der Waals surface area contributed by atoms with Crippen LogP contribution in [-0.4, -0.2) is 28.5 Å². The van der Waals surface area contributed by atoms with E-state index in [0.717, 1.165) is 22.5 Å². The molecule has 3 rings (SSSR count). The second-order valence-electron chi connectivity index (χ2n) is 6.67. The second-order valence-corrected chi connectivity index (χ2v) is 7.67. The third-order valence-corrected chi connectivity index (χ3v) is 5.87. The van der Waals surface area contributed by atoms with Crippen molar-refractivity contribution in [3.8, 4) is 0 Å². The van der Waals surface area contributed by atoms with Gasteiger partial charge in [-0.05, 0) is 50.5 Å². The zero-order valence-corrected chi connectivity index (χ0v) is 17.1. The first-order valence-corrected chi connectivity index (χ1v) is 9.53. The number of rotatable bonds is 4. The van der Waals surface area contributed by atoms with E-state index in [0.29, 0.717) is 26.3 Å². The number of hydrogen-bond acceptors (Lipinski definition) is 6. The number of thiophene rings is 1. The quantitative estimate of drug-likeness (QED) is 0.680. The van der Waals surface area contributed by atoms with Gasteiger partial charge in [-0.2, -0.15) is 0 Å². The van der Waals surface area contributed by atoms with E-state index in [1.54, 1.807) is 13.8 Å². The van der Waals surface area contributed by atoms with Crippen molar-refractivity contribution >= 4 is 39.1 Å². The van der Waals surface area contributed by atoms with Crippen LogP contribution in [0.15, 0.2) is 29.3 Å². The molecule has 3 aromatic rings. The van der Waals surface area contributed by atoms with Crippen molar-refractivity contribution in [2.45, 2.75) is 33.7 Å². The van der Waals surface area contributed by atoms with Crippen molar-refractivity contribution in [2.24, 2.45) is 0 Å². The molecule has 0 saturated heterocycles. The Morgan fingerprint density at radius 2 is 1.96 bits per heavy atom. The number of benzene rings is 1. The molecule has 0 aliphatic carbocycles. The highest BCUT2D eigenvalue weighted by atomic mass is 32.1. The highest BCUT2D eigenvalue weighted by molar-refractivity contribution is 7.20. The molecule has 28 heavy (non-hydrogen) atoms. The zero-order chi connectivity index (χ0) is 20.6. The molecule has 2 heterocycles. The van der Waals surface area contributed by atoms with Crippen molar-refractivity contribution in [1.82, 2.24) is 9.55 Å². The monoisotopic (exact) mass is 399 g/mol. The van der Waals surface area contributed by atoms with Gasteiger partial charge < -0.3 is 10.1 Å². The van der Waals surface area contributed by atoms with Crippen molar-refractivity contribution in [2.75, 3.05) is 12.4 Å². The number of esters is 1. The number of amides is 1. The Kier molecular flexibility index (Phi) is 5.33. The van der Waals surface area contributed by atoms with Crippen LogP contribution in [0.4, 0.5) is 5.69 Å². The Balaban J connectivity index is 1.98. The van der Waals surface area contributed by atoms with Crippen molar-refractivity contribution in [3.05, 3.63) is 56.4 Å². The summed E-state index contributed by atoms with van der Waals surface area (Å²) in [6, 6.07) is 5.01. The number of nitrogens with zero attached hydrogens (tertiary/aromatic N) is 2. The van der Waals surface area contributed by atoms with E-state index in [2.05, 4.69) is 10.3 Å². The largest absolute Gasteiger partial charge is 0.465 e. The number of methoxy groups -OCH3 is 1. The van der Waals surface area contributed by atoms with Crippen molar-refractivity contribution in [1.29, 1.82) is 0 Å². The van der Waals surface area contributed by atoms with Gasteiger partial charge in [0, 0.05) is 5.69 Å². The molecule has 146 valence electrons. The van der Waals surface area contributed by atoms with Crippen LogP contribution in [0.25, 0.3) is 10.2 Å². The van der Waals surface area contributed by atoms with E-state index in [4.69, 9.17) is 4.74 Å². The molecule has 2 aromatic heterocycles. The first-order valence-electron chi connectivity index (χ1n) is 8.71. The predicted molar refractivity (Wildman–Crippen MR) is 109 cm³/mol. The van der Waals surface area contributed by atoms with Crippen LogP contribution in [0.3, 0.4) is 0 Å². The van der Waals surface area contributed by atoms with Crippen molar-refractivity contribution < 1.29 is 14.3 Å². The SMILES string of the molecule is COC(=O)c1sc2ncn([C@H](C)C(=O)Nc3cc(C)ccc3C)c(=O)c2c1C. The average Bonchev–Trinajstić information content (AvgIpc) is 3.01. The van der Waals surface area contributed by atoms with Crippen molar-refractivity contribution in [3.63, 3.8) is 0 Å². The van der Waals surface area contributed by atoms with Crippen LogP contribution in [0.1, 0.15) is 39.3 Å². The first kappa shape index (κ1) is 19.8. The van der Waals surface area contributed by atoms with E-state index in [1.807, 2.05) is 32.0 Å². The van der Waals surface area contributed by atoms with Gasteiger partial charge in [0.25, 0.3) is 5.56 Å². The van der Waals surface area contributed by atoms with E-state index in [-0.39, 0.29) is 11.5 Å². The summed E-state index contributed by atoms with van der Waals surface area (Å²) < 4.78 is 6.04. The fourth-order valence-electron chi connectivity index (χ4n) is 2.93. The number of ether oxygens (including phenoxy) is 1. The number of carbonyl (C=O) groups is 2. The normalized spacial score (nSPS) is 12.0. The van der Waals surface area contributed by atoms with Gasteiger partial charge in [0.05, 0.1) is 18.8 Å².